The molecule has 19 nitrogen and oxygen atoms in total. The monoisotopic (exact) mass is 1240 g/mol. The van der Waals surface area contributed by atoms with Crippen LogP contribution in [-0.2, 0) is 45.6 Å². The van der Waals surface area contributed by atoms with E-state index in [0.29, 0.717) is 15.9 Å². The molecule has 3 aliphatic rings. The van der Waals surface area contributed by atoms with Crippen molar-refractivity contribution in [3.8, 4) is 0 Å². The van der Waals surface area contributed by atoms with E-state index in [9.17, 15) is 24.6 Å². The number of benzene rings is 7. The highest BCUT2D eigenvalue weighted by molar-refractivity contribution is 8.01. The van der Waals surface area contributed by atoms with Gasteiger partial charge in [0.1, 0.15) is 46.3 Å². The van der Waals surface area contributed by atoms with Crippen LogP contribution in [0.5, 0.6) is 0 Å². The fourth-order valence-corrected chi connectivity index (χ4v) is 13.9. The summed E-state index contributed by atoms with van der Waals surface area (Å²) in [7, 11) is 0. The quantitative estimate of drug-likeness (QED) is 0.0104. The lowest BCUT2D eigenvalue weighted by atomic mass is 9.77. The van der Waals surface area contributed by atoms with Crippen LogP contribution in [0.1, 0.15) is 56.8 Å². The zero-order valence-electron chi connectivity index (χ0n) is 47.3. The van der Waals surface area contributed by atoms with Crippen molar-refractivity contribution in [2.75, 3.05) is 23.4 Å². The number of fused-ring (bicyclic) bond motifs is 1. The van der Waals surface area contributed by atoms with E-state index < -0.39 is 65.1 Å². The van der Waals surface area contributed by atoms with E-state index in [4.69, 9.17) is 24.3 Å². The van der Waals surface area contributed by atoms with Crippen LogP contribution in [0.25, 0.3) is 0 Å². The molecule has 12 rings (SSSR count). The Hall–Kier alpha value is -9.68. The minimum atomic E-state index is -1.59. The van der Waals surface area contributed by atoms with E-state index >= 15 is 4.79 Å². The third-order valence-electron chi connectivity index (χ3n) is 15.0. The fraction of sp³-hybridized carbons (Fsp3) is 0.164. The Kier molecular flexibility index (Phi) is 18.5. The molecule has 2 aromatic heterocycles. The first-order valence-electron chi connectivity index (χ1n) is 28.3. The van der Waals surface area contributed by atoms with Crippen molar-refractivity contribution in [1.29, 1.82) is 0 Å². The van der Waals surface area contributed by atoms with Crippen molar-refractivity contribution >= 4 is 75.5 Å². The maximum atomic E-state index is 15.3. The highest BCUT2D eigenvalue weighted by Gasteiger charge is 2.54. The molecule has 5 heterocycles. The Balaban J connectivity index is 0.916. The Labute approximate surface area is 523 Å². The third kappa shape index (κ3) is 13.0. The summed E-state index contributed by atoms with van der Waals surface area (Å²) in [6, 6.07) is 66.5. The number of ketones is 1. The number of anilines is 1. The summed E-state index contributed by atoms with van der Waals surface area (Å²) in [5.41, 5.74) is 4.63. The number of carbonyl (C=O) groups excluding carboxylic acids is 3. The number of carboxylic acid groups (broad SMARTS) is 1. The molecule has 89 heavy (non-hydrogen) atoms. The minimum Gasteiger partial charge on any atom is -0.477 e. The first kappa shape index (κ1) is 59.6. The van der Waals surface area contributed by atoms with Gasteiger partial charge in [-0.15, -0.1) is 28.2 Å². The number of nitrogens with zero attached hydrogens (tertiary/aromatic N) is 8. The normalized spacial score (nSPS) is 17.0. The van der Waals surface area contributed by atoms with Crippen LogP contribution in [0.2, 0.25) is 0 Å². The number of ether oxygens (including phenoxy) is 2. The minimum absolute atomic E-state index is 0.000429. The number of aromatic nitrogens is 5. The molecule has 1 saturated heterocycles. The molecule has 1 fully saturated rings. The number of amides is 2. The molecule has 2 amide bonds. The zero-order valence-corrected chi connectivity index (χ0v) is 49.7. The number of thiazole rings is 1. The topological polar surface area (TPSA) is 245 Å². The molecule has 0 bridgehead atoms. The smallest absolute Gasteiger partial charge is 0.352 e. The number of aliphatic imine (C=N–C) groups is 1. The van der Waals surface area contributed by atoms with Gasteiger partial charge in [0.15, 0.2) is 22.7 Å². The number of aliphatic carboxylic acids is 1. The van der Waals surface area contributed by atoms with Gasteiger partial charge in [0.2, 0.25) is 5.16 Å². The second-order valence-corrected chi connectivity index (χ2v) is 23.5. The predicted octanol–water partition coefficient (Wildman–Crippen LogP) is 9.62. The Morgan fingerprint density at radius 3 is 1.78 bits per heavy atom. The number of oxime groups is 1. The van der Waals surface area contributed by atoms with Gasteiger partial charge in [-0.3, -0.25) is 24.3 Å². The van der Waals surface area contributed by atoms with E-state index in [1.165, 1.54) is 56.7 Å². The van der Waals surface area contributed by atoms with Gasteiger partial charge in [0.05, 0.1) is 13.2 Å². The van der Waals surface area contributed by atoms with Crippen LogP contribution in [-0.4, -0.2) is 118 Å². The number of carbonyl (C=O) groups is 4. The standard InChI is InChI=1S/C67H56N10O9S3/c78-37-36-76-66(72-74-75-76)89-41-47-40-87-62-56(61(81)77(62)57(47)63(82)83)70-60(80)55(52-42-88-65(69-52)71-67(48-30-16-5-17-31-48,49-32-18-6-19-33-49)50-34-20-7-21-35-50)73-86-64(85-59(45-26-12-3-13-27-45)46-28-14-4-15-29-46)51-38-53(79)54(39-68-51)84-58(43-22-8-1-9-23-43)44-24-10-2-11-25-44/h1-35,38-39,42,54,56,58-59,62,64,78H,36-37,40-41H2,(H,69,71)(H,70,80)(H,82,83)/b73-55-/t54?,56-,62-,64?/m1/s1. The lowest BCUT2D eigenvalue weighted by molar-refractivity contribution is -0.150. The number of hydrogen-bond donors (Lipinski definition) is 4. The number of carboxylic acids is 1. The van der Waals surface area contributed by atoms with Gasteiger partial charge >= 0.3 is 5.97 Å². The Bertz CT molecular complexity index is 3900. The number of rotatable bonds is 25. The van der Waals surface area contributed by atoms with Gasteiger partial charge in [0.25, 0.3) is 18.1 Å². The van der Waals surface area contributed by atoms with Gasteiger partial charge in [-0.2, -0.15) is 0 Å². The van der Waals surface area contributed by atoms with Gasteiger partial charge in [-0.05, 0) is 54.9 Å². The van der Waals surface area contributed by atoms with Crippen LogP contribution < -0.4 is 10.6 Å². The summed E-state index contributed by atoms with van der Waals surface area (Å²) in [5, 5.41) is 44.5. The average Bonchev–Trinajstić information content (AvgIpc) is 1.43. The summed E-state index contributed by atoms with van der Waals surface area (Å²) in [6.07, 6.45) is -1.53. The molecule has 0 saturated carbocycles. The number of aliphatic hydroxyl groups is 1. The van der Waals surface area contributed by atoms with Crippen LogP contribution in [0, 0.1) is 0 Å². The zero-order chi connectivity index (χ0) is 61.1. The van der Waals surface area contributed by atoms with E-state index in [-0.39, 0.29) is 47.5 Å². The highest BCUT2D eigenvalue weighted by Crippen LogP contribution is 2.43. The average molecular weight is 1240 g/mol. The van der Waals surface area contributed by atoms with Crippen LogP contribution in [0.3, 0.4) is 0 Å². The van der Waals surface area contributed by atoms with Crippen molar-refractivity contribution in [2.24, 2.45) is 10.1 Å². The van der Waals surface area contributed by atoms with E-state index in [0.717, 1.165) is 38.9 Å². The fourth-order valence-electron chi connectivity index (χ4n) is 10.7. The molecule has 22 heteroatoms. The molecule has 0 radical (unpaired) electrons. The van der Waals surface area contributed by atoms with Gasteiger partial charge in [-0.1, -0.05) is 229 Å². The molecule has 4 N–H and O–H groups in total. The van der Waals surface area contributed by atoms with Gasteiger partial charge < -0.3 is 35.2 Å². The number of tetrazole rings is 1. The number of thioether (sulfide) groups is 2. The molecular weight excluding hydrogens is 1180 g/mol. The van der Waals surface area contributed by atoms with E-state index in [1.807, 2.05) is 212 Å². The highest BCUT2D eigenvalue weighted by atomic mass is 32.2. The van der Waals surface area contributed by atoms with Crippen molar-refractivity contribution in [3.05, 3.63) is 285 Å². The summed E-state index contributed by atoms with van der Waals surface area (Å²) < 4.78 is 14.9. The second-order valence-electron chi connectivity index (χ2n) is 20.5. The number of nitrogens with one attached hydrogen (secondary N) is 2. The SMILES string of the molecule is O=C(O)C1=C(CSc2nnnn2CCO)CS[C@@H]2[C@H](NC(=O)/C(=N\OC(OC(c3ccccc3)c3ccccc3)C3=CC(=O)C(OC(c4ccccc4)c4ccccc4)C=N3)c3csc(NC(c4ccccc4)(c4ccccc4)c4ccccc4)n3)C(=O)N12. The summed E-state index contributed by atoms with van der Waals surface area (Å²) in [5.74, 6) is -3.04. The van der Waals surface area contributed by atoms with Crippen LogP contribution in [0.15, 0.2) is 256 Å². The van der Waals surface area contributed by atoms with Crippen molar-refractivity contribution in [2.45, 2.75) is 53.3 Å². The molecule has 0 spiro atoms. The van der Waals surface area contributed by atoms with Crippen molar-refractivity contribution < 1.29 is 43.7 Å². The molecule has 3 aliphatic heterocycles. The van der Waals surface area contributed by atoms with Crippen LogP contribution >= 0.6 is 34.9 Å². The summed E-state index contributed by atoms with van der Waals surface area (Å²) in [4.78, 5) is 74.8. The molecule has 0 aliphatic carbocycles. The van der Waals surface area contributed by atoms with Gasteiger partial charge in [0, 0.05) is 29.2 Å². The maximum Gasteiger partial charge on any atom is 0.352 e. The molecule has 446 valence electrons. The number of aliphatic hydroxyl groups excluding tert-OH is 1. The maximum absolute atomic E-state index is 15.3. The van der Waals surface area contributed by atoms with Crippen molar-refractivity contribution in [3.63, 3.8) is 0 Å². The molecule has 7 aromatic carbocycles. The predicted molar refractivity (Wildman–Crippen MR) is 339 cm³/mol. The lowest BCUT2D eigenvalue weighted by Crippen LogP contribution is -2.71. The van der Waals surface area contributed by atoms with Gasteiger partial charge in [-0.25, -0.2) is 14.5 Å². The molecular formula is C67H56N10O9S3. The van der Waals surface area contributed by atoms with E-state index in [1.54, 1.807) is 5.38 Å². The molecule has 4 atom stereocenters. The molecule has 9 aromatic rings. The van der Waals surface area contributed by atoms with E-state index in [2.05, 4.69) is 31.3 Å². The first-order chi connectivity index (χ1) is 43.7. The third-order valence-corrected chi connectivity index (χ3v) is 18.1. The lowest BCUT2D eigenvalue weighted by Gasteiger charge is -2.49. The summed E-state index contributed by atoms with van der Waals surface area (Å²) in [6.45, 7) is -0.0746. The first-order valence-corrected chi connectivity index (χ1v) is 31.2. The Morgan fingerprint density at radius 1 is 0.730 bits per heavy atom. The second kappa shape index (κ2) is 27.6. The molecule has 2 unspecified atom stereocenters. The number of hydrogen-bond acceptors (Lipinski definition) is 18. The largest absolute Gasteiger partial charge is 0.477 e. The summed E-state index contributed by atoms with van der Waals surface area (Å²) >= 11 is 3.65. The number of β-lactam (4-membered cyclic amide) rings is 1. The van der Waals surface area contributed by atoms with Crippen LogP contribution in [0.4, 0.5) is 5.13 Å². The Morgan fingerprint density at radius 2 is 1.26 bits per heavy atom. The van der Waals surface area contributed by atoms with Crippen molar-refractivity contribution in [1.82, 2.24) is 35.4 Å².